The Hall–Kier alpha value is -0.401. The third-order valence-corrected chi connectivity index (χ3v) is 1.62. The molecule has 116 valence electrons. The molecular weight excluding hydrogens is 276 g/mol. The second-order valence-electron chi connectivity index (χ2n) is 3.42. The normalized spacial score (nSPS) is 8.63. The summed E-state index contributed by atoms with van der Waals surface area (Å²) in [6, 6.07) is 0. The fourth-order valence-electron chi connectivity index (χ4n) is 0.767. The minimum Gasteiger partial charge on any atom is -0.458 e. The molecule has 0 N–H and O–H groups in total. The first-order valence-electron chi connectivity index (χ1n) is 6.49. The van der Waals surface area contributed by atoms with Gasteiger partial charge in [-0.05, 0) is 0 Å². The Balaban J connectivity index is -0.0000000594. The zero-order valence-electron chi connectivity index (χ0n) is 13.8. The maximum atomic E-state index is 4.03. The summed E-state index contributed by atoms with van der Waals surface area (Å²) in [6.45, 7) is 12.3. The average Bonchev–Trinajstić information content (AvgIpc) is 2.31. The molecule has 3 heteroatoms. The molecule has 0 saturated heterocycles. The topological polar surface area (TPSA) is 24.7 Å². The van der Waals surface area contributed by atoms with E-state index < -0.39 is 0 Å². The molecule has 0 spiro atoms. The van der Waals surface area contributed by atoms with Crippen molar-refractivity contribution in [1.29, 1.82) is 0 Å². The van der Waals surface area contributed by atoms with E-state index >= 15 is 0 Å². The van der Waals surface area contributed by atoms with Gasteiger partial charge in [-0.15, -0.1) is 25.5 Å². The van der Waals surface area contributed by atoms with E-state index in [1.54, 1.807) is 0 Å². The zero-order valence-corrected chi connectivity index (χ0v) is 14.9. The zero-order chi connectivity index (χ0) is 12.5. The van der Waals surface area contributed by atoms with Crippen molar-refractivity contribution in [1.82, 2.24) is 0 Å². The minimum atomic E-state index is 0. The second-order valence-corrected chi connectivity index (χ2v) is 3.42. The van der Waals surface area contributed by atoms with Crippen LogP contribution in [0.25, 0.3) is 0 Å². The number of hydrogen-bond donors (Lipinski definition) is 0. The molecule has 0 aliphatic carbocycles. The maximum Gasteiger partial charge on any atom is 4.00 e. The molecule has 0 aromatic carbocycles. The summed E-state index contributed by atoms with van der Waals surface area (Å²) in [7, 11) is 0. The molecule has 0 unspecified atom stereocenters. The number of hydrogen-bond acceptors (Lipinski definition) is 2. The van der Waals surface area contributed by atoms with E-state index in [1.165, 1.54) is 12.8 Å². The molecule has 0 amide bonds. The SMILES string of the molecule is CC[CH-]N=CCCC.CC[CH-]N=CCCC.[CH3-].[CH3-].[Fe+4]. The van der Waals surface area contributed by atoms with Crippen molar-refractivity contribution in [3.05, 3.63) is 27.9 Å². The van der Waals surface area contributed by atoms with Crippen molar-refractivity contribution >= 4 is 12.4 Å². The fourth-order valence-corrected chi connectivity index (χ4v) is 0.767. The molecule has 0 bridgehead atoms. The quantitative estimate of drug-likeness (QED) is 0.309. The van der Waals surface area contributed by atoms with Crippen LogP contribution < -0.4 is 0 Å². The first-order chi connectivity index (χ1) is 7.83. The van der Waals surface area contributed by atoms with Gasteiger partial charge in [0.25, 0.3) is 0 Å². The first kappa shape index (κ1) is 31.1. The van der Waals surface area contributed by atoms with E-state index in [9.17, 15) is 0 Å². The number of nitrogens with zero attached hydrogens (tertiary/aromatic N) is 2. The molecule has 0 aliphatic rings. The summed E-state index contributed by atoms with van der Waals surface area (Å²) >= 11 is 0. The van der Waals surface area contributed by atoms with Crippen LogP contribution in [-0.2, 0) is 17.1 Å². The molecule has 0 aromatic rings. The molecule has 2 nitrogen and oxygen atoms in total. The van der Waals surface area contributed by atoms with Gasteiger partial charge in [-0.25, -0.2) is 0 Å². The summed E-state index contributed by atoms with van der Waals surface area (Å²) in [5.74, 6) is 0. The Bertz CT molecular complexity index is 123. The Morgan fingerprint density at radius 2 is 1.05 bits per heavy atom. The summed E-state index contributed by atoms with van der Waals surface area (Å²) in [6.07, 6.45) is 10.6. The van der Waals surface area contributed by atoms with Crippen LogP contribution in [0.4, 0.5) is 0 Å². The Morgan fingerprint density at radius 1 is 0.737 bits per heavy atom. The van der Waals surface area contributed by atoms with Gasteiger partial charge in [0, 0.05) is 0 Å². The van der Waals surface area contributed by atoms with E-state index in [4.69, 9.17) is 0 Å². The molecule has 0 saturated carbocycles. The third-order valence-electron chi connectivity index (χ3n) is 1.62. The monoisotopic (exact) mass is 310 g/mol. The Morgan fingerprint density at radius 3 is 1.26 bits per heavy atom. The van der Waals surface area contributed by atoms with Gasteiger partial charge in [-0.2, -0.15) is 0 Å². The van der Waals surface area contributed by atoms with Gasteiger partial charge in [0.05, 0.1) is 0 Å². The van der Waals surface area contributed by atoms with Crippen molar-refractivity contribution in [2.45, 2.75) is 66.2 Å². The number of unbranched alkanes of at least 4 members (excludes halogenated alkanes) is 2. The van der Waals surface area contributed by atoms with E-state index in [-0.39, 0.29) is 31.9 Å². The second kappa shape index (κ2) is 36.0. The Kier molecular flexibility index (Phi) is 59.1. The minimum absolute atomic E-state index is 0. The van der Waals surface area contributed by atoms with Crippen LogP contribution in [0.3, 0.4) is 0 Å². The number of aliphatic imine (C=N–C) groups is 2. The summed E-state index contributed by atoms with van der Waals surface area (Å²) in [4.78, 5) is 8.06. The summed E-state index contributed by atoms with van der Waals surface area (Å²) in [5, 5.41) is 0. The first-order valence-corrected chi connectivity index (χ1v) is 6.49. The van der Waals surface area contributed by atoms with Crippen LogP contribution >= 0.6 is 0 Å². The largest absolute Gasteiger partial charge is 4.00 e. The van der Waals surface area contributed by atoms with Gasteiger partial charge in [0.1, 0.15) is 0 Å². The standard InChI is InChI=1S/2C7H14N.2CH3.Fe/c2*1-3-5-7-8-6-4-2;;;/h2*6-7H,3-5H2,1-2H3;2*1H3;/q4*-1;+4. The van der Waals surface area contributed by atoms with E-state index in [1.807, 2.05) is 25.5 Å². The third kappa shape index (κ3) is 46.5. The molecule has 0 fully saturated rings. The van der Waals surface area contributed by atoms with Crippen molar-refractivity contribution in [3.8, 4) is 0 Å². The van der Waals surface area contributed by atoms with Crippen LogP contribution in [0, 0.1) is 27.9 Å². The molecule has 0 aliphatic heterocycles. The van der Waals surface area contributed by atoms with Crippen LogP contribution in [0.1, 0.15) is 66.2 Å². The fraction of sp³-hybridized carbons (Fsp3) is 0.625. The molecule has 0 aromatic heterocycles. The molecular formula is C16H34FeN2. The van der Waals surface area contributed by atoms with Crippen LogP contribution in [-0.4, -0.2) is 12.4 Å². The van der Waals surface area contributed by atoms with Crippen molar-refractivity contribution in [3.63, 3.8) is 0 Å². The van der Waals surface area contributed by atoms with Crippen molar-refractivity contribution in [2.24, 2.45) is 9.98 Å². The van der Waals surface area contributed by atoms with Gasteiger partial charge >= 0.3 is 17.1 Å². The van der Waals surface area contributed by atoms with Crippen molar-refractivity contribution in [2.75, 3.05) is 0 Å². The summed E-state index contributed by atoms with van der Waals surface area (Å²) < 4.78 is 0. The molecule has 0 atom stereocenters. The molecule has 0 radical (unpaired) electrons. The molecule has 0 rings (SSSR count). The van der Waals surface area contributed by atoms with Crippen LogP contribution in [0.15, 0.2) is 9.98 Å². The molecule has 0 heterocycles. The Labute approximate surface area is 134 Å². The van der Waals surface area contributed by atoms with Crippen LogP contribution in [0.5, 0.6) is 0 Å². The predicted octanol–water partition coefficient (Wildman–Crippen LogP) is 5.76. The van der Waals surface area contributed by atoms with E-state index in [2.05, 4.69) is 37.7 Å². The van der Waals surface area contributed by atoms with Gasteiger partial charge in [-0.3, -0.25) is 0 Å². The van der Waals surface area contributed by atoms with E-state index in [0.717, 1.165) is 25.7 Å². The number of rotatable bonds is 8. The smallest absolute Gasteiger partial charge is 0.458 e. The van der Waals surface area contributed by atoms with E-state index in [0.29, 0.717) is 0 Å². The van der Waals surface area contributed by atoms with Gasteiger partial charge in [0.15, 0.2) is 0 Å². The van der Waals surface area contributed by atoms with Gasteiger partial charge < -0.3 is 24.8 Å². The predicted molar refractivity (Wildman–Crippen MR) is 88.8 cm³/mol. The van der Waals surface area contributed by atoms with Crippen molar-refractivity contribution < 1.29 is 17.1 Å². The summed E-state index contributed by atoms with van der Waals surface area (Å²) in [5.41, 5.74) is 0. The average molecular weight is 310 g/mol. The van der Waals surface area contributed by atoms with Gasteiger partial charge in [-0.1, -0.05) is 66.2 Å². The molecule has 19 heavy (non-hydrogen) atoms. The van der Waals surface area contributed by atoms with Gasteiger partial charge in [0.2, 0.25) is 0 Å². The van der Waals surface area contributed by atoms with Crippen LogP contribution in [0.2, 0.25) is 0 Å². The maximum absolute atomic E-state index is 4.03.